The first-order chi connectivity index (χ1) is 13.3. The number of nitrogens with one attached hydrogen (secondary N) is 1. The highest BCUT2D eigenvalue weighted by molar-refractivity contribution is 7.92. The Morgan fingerprint density at radius 1 is 0.893 bits per heavy atom. The average molecular weight is 392 g/mol. The molecule has 3 aromatic rings. The fraction of sp³-hybridized carbons (Fsp3) is 0.136. The van der Waals surface area contributed by atoms with Gasteiger partial charge in [-0.15, -0.1) is 0 Å². The Morgan fingerprint density at radius 3 is 2.25 bits per heavy atom. The van der Waals surface area contributed by atoms with Crippen molar-refractivity contribution in [3.05, 3.63) is 77.4 Å². The van der Waals surface area contributed by atoms with Crippen molar-refractivity contribution in [2.45, 2.75) is 18.7 Å². The summed E-state index contributed by atoms with van der Waals surface area (Å²) in [5, 5.41) is 9.15. The van der Waals surface area contributed by atoms with Gasteiger partial charge in [0.15, 0.2) is 0 Å². The second-order valence-electron chi connectivity index (χ2n) is 6.53. The van der Waals surface area contributed by atoms with Crippen molar-refractivity contribution in [3.8, 4) is 22.9 Å². The molecular formula is C22H20N2O3S. The van der Waals surface area contributed by atoms with E-state index in [0.29, 0.717) is 17.0 Å². The molecule has 0 amide bonds. The summed E-state index contributed by atoms with van der Waals surface area (Å²) >= 11 is 0. The number of methoxy groups -OCH3 is 1. The summed E-state index contributed by atoms with van der Waals surface area (Å²) in [5.41, 5.74) is 4.46. The maximum absolute atomic E-state index is 12.7. The van der Waals surface area contributed by atoms with E-state index in [1.807, 2.05) is 26.0 Å². The lowest BCUT2D eigenvalue weighted by atomic mass is 10.0. The van der Waals surface area contributed by atoms with Crippen LogP contribution in [0.4, 0.5) is 5.69 Å². The SMILES string of the molecule is COc1cc(-c2cc(C)cc(NS(=O)(=O)c3ccc(C)cc3)c2)ccc1C#N. The highest BCUT2D eigenvalue weighted by Gasteiger charge is 2.15. The summed E-state index contributed by atoms with van der Waals surface area (Å²) in [6, 6.07) is 19.5. The van der Waals surface area contributed by atoms with Gasteiger partial charge in [-0.3, -0.25) is 4.72 Å². The van der Waals surface area contributed by atoms with E-state index in [9.17, 15) is 8.42 Å². The summed E-state index contributed by atoms with van der Waals surface area (Å²) in [6.45, 7) is 3.80. The van der Waals surface area contributed by atoms with E-state index in [4.69, 9.17) is 10.00 Å². The van der Waals surface area contributed by atoms with E-state index in [0.717, 1.165) is 22.3 Å². The van der Waals surface area contributed by atoms with Gasteiger partial charge >= 0.3 is 0 Å². The highest BCUT2D eigenvalue weighted by Crippen LogP contribution is 2.30. The van der Waals surface area contributed by atoms with Crippen LogP contribution < -0.4 is 9.46 Å². The molecule has 0 bridgehead atoms. The van der Waals surface area contributed by atoms with Gasteiger partial charge in [0, 0.05) is 5.69 Å². The fourth-order valence-corrected chi connectivity index (χ4v) is 3.94. The molecule has 1 N–H and O–H groups in total. The van der Waals surface area contributed by atoms with E-state index in [1.54, 1.807) is 48.5 Å². The van der Waals surface area contributed by atoms with Gasteiger partial charge in [-0.2, -0.15) is 5.26 Å². The monoisotopic (exact) mass is 392 g/mol. The number of aryl methyl sites for hydroxylation is 2. The number of hydrogen-bond acceptors (Lipinski definition) is 4. The number of benzene rings is 3. The minimum atomic E-state index is -3.69. The van der Waals surface area contributed by atoms with Gasteiger partial charge < -0.3 is 4.74 Å². The molecule has 0 aliphatic carbocycles. The van der Waals surface area contributed by atoms with Gasteiger partial charge in [0.2, 0.25) is 0 Å². The van der Waals surface area contributed by atoms with E-state index in [2.05, 4.69) is 10.8 Å². The van der Waals surface area contributed by atoms with Crippen LogP contribution in [0.2, 0.25) is 0 Å². The van der Waals surface area contributed by atoms with Crippen LogP contribution in [0.25, 0.3) is 11.1 Å². The topological polar surface area (TPSA) is 79.2 Å². The molecule has 5 nitrogen and oxygen atoms in total. The van der Waals surface area contributed by atoms with Gasteiger partial charge in [0.25, 0.3) is 10.0 Å². The standard InChI is InChI=1S/C22H20N2O3S/c1-15-4-8-21(9-5-15)28(25,26)24-20-11-16(2)10-19(12-20)17-6-7-18(14-23)22(13-17)27-3/h4-13,24H,1-3H3. The van der Waals surface area contributed by atoms with Crippen LogP contribution in [-0.2, 0) is 10.0 Å². The Bertz CT molecular complexity index is 1160. The van der Waals surface area contributed by atoms with Crippen LogP contribution in [0.1, 0.15) is 16.7 Å². The molecule has 0 unspecified atom stereocenters. The zero-order chi connectivity index (χ0) is 20.3. The summed E-state index contributed by atoms with van der Waals surface area (Å²) < 4.78 is 33.3. The number of hydrogen-bond donors (Lipinski definition) is 1. The summed E-state index contributed by atoms with van der Waals surface area (Å²) in [6.07, 6.45) is 0. The molecule has 142 valence electrons. The van der Waals surface area contributed by atoms with Crippen LogP contribution in [0.5, 0.6) is 5.75 Å². The molecule has 3 rings (SSSR count). The molecule has 0 saturated carbocycles. The van der Waals surface area contributed by atoms with Crippen molar-refractivity contribution in [1.82, 2.24) is 0 Å². The van der Waals surface area contributed by atoms with E-state index < -0.39 is 10.0 Å². The smallest absolute Gasteiger partial charge is 0.261 e. The number of sulfonamides is 1. The lowest BCUT2D eigenvalue weighted by molar-refractivity contribution is 0.413. The largest absolute Gasteiger partial charge is 0.495 e. The number of rotatable bonds is 5. The maximum atomic E-state index is 12.7. The van der Waals surface area contributed by atoms with Gasteiger partial charge in [-0.25, -0.2) is 8.42 Å². The van der Waals surface area contributed by atoms with Crippen molar-refractivity contribution in [3.63, 3.8) is 0 Å². The Balaban J connectivity index is 1.98. The van der Waals surface area contributed by atoms with Gasteiger partial charge in [0.1, 0.15) is 11.8 Å². The molecule has 28 heavy (non-hydrogen) atoms. The first kappa shape index (κ1) is 19.5. The van der Waals surface area contributed by atoms with Crippen molar-refractivity contribution in [1.29, 1.82) is 5.26 Å². The second-order valence-corrected chi connectivity index (χ2v) is 8.22. The van der Waals surface area contributed by atoms with Crippen LogP contribution in [0.15, 0.2) is 65.6 Å². The highest BCUT2D eigenvalue weighted by atomic mass is 32.2. The molecular weight excluding hydrogens is 372 g/mol. The van der Waals surface area contributed by atoms with E-state index >= 15 is 0 Å². The van der Waals surface area contributed by atoms with Crippen molar-refractivity contribution in [2.24, 2.45) is 0 Å². The maximum Gasteiger partial charge on any atom is 0.261 e. The number of ether oxygens (including phenoxy) is 1. The fourth-order valence-electron chi connectivity index (χ4n) is 2.90. The Labute approximate surface area is 165 Å². The van der Waals surface area contributed by atoms with Crippen LogP contribution in [0.3, 0.4) is 0 Å². The molecule has 0 saturated heterocycles. The molecule has 0 spiro atoms. The molecule has 0 radical (unpaired) electrons. The van der Waals surface area contributed by atoms with Gasteiger partial charge in [0.05, 0.1) is 17.6 Å². The van der Waals surface area contributed by atoms with Crippen molar-refractivity contribution in [2.75, 3.05) is 11.8 Å². The van der Waals surface area contributed by atoms with Gasteiger partial charge in [-0.05, 0) is 66.9 Å². The lowest BCUT2D eigenvalue weighted by Crippen LogP contribution is -2.13. The van der Waals surface area contributed by atoms with E-state index in [1.165, 1.54) is 7.11 Å². The lowest BCUT2D eigenvalue weighted by Gasteiger charge is -2.12. The predicted molar refractivity (Wildman–Crippen MR) is 110 cm³/mol. The van der Waals surface area contributed by atoms with Gasteiger partial charge in [-0.1, -0.05) is 29.8 Å². The normalized spacial score (nSPS) is 10.9. The predicted octanol–water partition coefficient (Wildman–Crippen LogP) is 4.65. The van der Waals surface area contributed by atoms with Crippen molar-refractivity contribution >= 4 is 15.7 Å². The third kappa shape index (κ3) is 4.16. The first-order valence-corrected chi connectivity index (χ1v) is 10.1. The first-order valence-electron chi connectivity index (χ1n) is 8.62. The molecule has 0 aromatic heterocycles. The summed E-state index contributed by atoms with van der Waals surface area (Å²) in [4.78, 5) is 0.209. The average Bonchev–Trinajstić information content (AvgIpc) is 2.67. The summed E-state index contributed by atoms with van der Waals surface area (Å²) in [7, 11) is -2.18. The quantitative estimate of drug-likeness (QED) is 0.685. The zero-order valence-corrected chi connectivity index (χ0v) is 16.7. The van der Waals surface area contributed by atoms with E-state index in [-0.39, 0.29) is 4.90 Å². The molecule has 0 aliphatic heterocycles. The molecule has 3 aromatic carbocycles. The Kier molecular flexibility index (Phi) is 5.39. The van der Waals surface area contributed by atoms with Crippen LogP contribution in [-0.4, -0.2) is 15.5 Å². The number of anilines is 1. The molecule has 0 heterocycles. The third-order valence-electron chi connectivity index (χ3n) is 4.32. The minimum Gasteiger partial charge on any atom is -0.495 e. The number of nitriles is 1. The van der Waals surface area contributed by atoms with Crippen LogP contribution >= 0.6 is 0 Å². The molecule has 0 aliphatic rings. The molecule has 0 atom stereocenters. The van der Waals surface area contributed by atoms with Crippen molar-refractivity contribution < 1.29 is 13.2 Å². The zero-order valence-electron chi connectivity index (χ0n) is 15.9. The molecule has 0 fully saturated rings. The molecule has 6 heteroatoms. The summed E-state index contributed by atoms with van der Waals surface area (Å²) in [5.74, 6) is 0.475. The third-order valence-corrected chi connectivity index (χ3v) is 5.71. The number of nitrogens with zero attached hydrogens (tertiary/aromatic N) is 1. The van der Waals surface area contributed by atoms with Crippen LogP contribution in [0, 0.1) is 25.2 Å². The Morgan fingerprint density at radius 2 is 1.61 bits per heavy atom. The second kappa shape index (κ2) is 7.75. The minimum absolute atomic E-state index is 0.209. The Hall–Kier alpha value is -3.30.